The molecule has 1 saturated heterocycles. The fourth-order valence-electron chi connectivity index (χ4n) is 2.31. The van der Waals surface area contributed by atoms with Gasteiger partial charge in [0.1, 0.15) is 5.82 Å². The Bertz CT molecular complexity index is 484. The molecule has 0 saturated carbocycles. The van der Waals surface area contributed by atoms with Crippen LogP contribution in [0.4, 0.5) is 4.39 Å². The van der Waals surface area contributed by atoms with Gasteiger partial charge in [0, 0.05) is 6.54 Å². The number of nitrogens with zero attached hydrogens (tertiary/aromatic N) is 1. The number of piperidine rings is 1. The van der Waals surface area contributed by atoms with Crippen molar-refractivity contribution >= 4 is 17.6 Å². The largest absolute Gasteiger partial charge is 0.481 e. The summed E-state index contributed by atoms with van der Waals surface area (Å²) in [5.41, 5.74) is 0.335. The molecule has 19 heavy (non-hydrogen) atoms. The maximum atomic E-state index is 13.1. The molecule has 2 rings (SSSR count). The molecular formula is C14H17ClFNO2. The molecule has 1 fully saturated rings. The smallest absolute Gasteiger partial charge is 0.309 e. The van der Waals surface area contributed by atoms with E-state index in [1.54, 1.807) is 19.1 Å². The average Bonchev–Trinajstić information content (AvgIpc) is 2.37. The summed E-state index contributed by atoms with van der Waals surface area (Å²) >= 11 is 5.75. The molecule has 3 nitrogen and oxygen atoms in total. The minimum absolute atomic E-state index is 0.130. The highest BCUT2D eigenvalue weighted by Crippen LogP contribution is 2.31. The lowest BCUT2D eigenvalue weighted by Gasteiger charge is -2.36. The molecule has 0 unspecified atom stereocenters. The molecule has 0 aromatic heterocycles. The van der Waals surface area contributed by atoms with Gasteiger partial charge in [-0.25, -0.2) is 4.39 Å². The van der Waals surface area contributed by atoms with Crippen molar-refractivity contribution in [1.29, 1.82) is 0 Å². The lowest BCUT2D eigenvalue weighted by Crippen LogP contribution is -2.42. The molecule has 0 amide bonds. The monoisotopic (exact) mass is 285 g/mol. The van der Waals surface area contributed by atoms with Crippen molar-refractivity contribution < 1.29 is 14.3 Å². The Balaban J connectivity index is 1.95. The molecule has 0 bridgehead atoms. The van der Waals surface area contributed by atoms with Gasteiger partial charge in [-0.1, -0.05) is 17.7 Å². The molecule has 1 aliphatic heterocycles. The van der Waals surface area contributed by atoms with Gasteiger partial charge < -0.3 is 5.11 Å². The van der Waals surface area contributed by atoms with Crippen molar-refractivity contribution in [1.82, 2.24) is 4.90 Å². The molecule has 1 aromatic carbocycles. The van der Waals surface area contributed by atoms with Crippen molar-refractivity contribution in [2.75, 3.05) is 13.1 Å². The summed E-state index contributed by atoms with van der Waals surface area (Å²) in [4.78, 5) is 13.3. The molecule has 1 aromatic rings. The van der Waals surface area contributed by atoms with E-state index in [1.807, 2.05) is 0 Å². The Hall–Kier alpha value is -1.13. The van der Waals surface area contributed by atoms with Crippen molar-refractivity contribution in [3.63, 3.8) is 0 Å². The summed E-state index contributed by atoms with van der Waals surface area (Å²) in [5.74, 6) is -1.14. The summed E-state index contributed by atoms with van der Waals surface area (Å²) in [6.07, 6.45) is 1.27. The van der Waals surface area contributed by atoms with Crippen LogP contribution in [0.3, 0.4) is 0 Å². The van der Waals surface area contributed by atoms with Gasteiger partial charge in [0.15, 0.2) is 0 Å². The minimum atomic E-state index is -0.725. The van der Waals surface area contributed by atoms with Crippen LogP contribution in [0, 0.1) is 11.2 Å². The zero-order valence-electron chi connectivity index (χ0n) is 10.8. The first-order valence-electron chi connectivity index (χ1n) is 6.30. The highest BCUT2D eigenvalue weighted by molar-refractivity contribution is 6.30. The summed E-state index contributed by atoms with van der Waals surface area (Å²) < 4.78 is 13.1. The van der Waals surface area contributed by atoms with Gasteiger partial charge in [-0.2, -0.15) is 0 Å². The molecule has 5 heteroatoms. The van der Waals surface area contributed by atoms with E-state index >= 15 is 0 Å². The van der Waals surface area contributed by atoms with Crippen LogP contribution in [0.1, 0.15) is 25.3 Å². The Morgan fingerprint density at radius 1 is 1.47 bits per heavy atom. The van der Waals surface area contributed by atoms with Crippen LogP contribution in [0.15, 0.2) is 18.2 Å². The number of halogens is 2. The standard InChI is InChI=1S/C14H17ClFNO2/c1-14(13(18)19)4-6-17(7-5-14)9-10-2-3-12(16)11(15)8-10/h2-3,8H,4-7,9H2,1H3,(H,18,19). The van der Waals surface area contributed by atoms with Crippen LogP contribution < -0.4 is 0 Å². The number of carboxylic acid groups (broad SMARTS) is 1. The summed E-state index contributed by atoms with van der Waals surface area (Å²) in [7, 11) is 0. The second-order valence-electron chi connectivity index (χ2n) is 5.39. The van der Waals surface area contributed by atoms with E-state index in [2.05, 4.69) is 4.90 Å². The summed E-state index contributed by atoms with van der Waals surface area (Å²) in [5, 5.41) is 9.29. The number of rotatable bonds is 3. The molecule has 104 valence electrons. The van der Waals surface area contributed by atoms with E-state index in [9.17, 15) is 9.18 Å². The van der Waals surface area contributed by atoms with E-state index in [1.165, 1.54) is 6.07 Å². The maximum Gasteiger partial charge on any atom is 0.309 e. The third kappa shape index (κ3) is 3.25. The van der Waals surface area contributed by atoms with Gasteiger partial charge in [-0.15, -0.1) is 0 Å². The van der Waals surface area contributed by atoms with Gasteiger partial charge >= 0.3 is 5.97 Å². The molecule has 0 radical (unpaired) electrons. The van der Waals surface area contributed by atoms with Crippen LogP contribution in [0.2, 0.25) is 5.02 Å². The Morgan fingerprint density at radius 2 is 2.11 bits per heavy atom. The second-order valence-corrected chi connectivity index (χ2v) is 5.80. The Kier molecular flexibility index (Phi) is 4.11. The van der Waals surface area contributed by atoms with Crippen LogP contribution in [-0.2, 0) is 11.3 Å². The zero-order chi connectivity index (χ0) is 14.0. The van der Waals surface area contributed by atoms with Crippen molar-refractivity contribution in [2.24, 2.45) is 5.41 Å². The third-order valence-corrected chi connectivity index (χ3v) is 4.16. The van der Waals surface area contributed by atoms with E-state index < -0.39 is 17.2 Å². The van der Waals surface area contributed by atoms with Gasteiger partial charge in [-0.05, 0) is 50.6 Å². The fraction of sp³-hybridized carbons (Fsp3) is 0.500. The van der Waals surface area contributed by atoms with Gasteiger partial charge in [-0.3, -0.25) is 9.69 Å². The average molecular weight is 286 g/mol. The lowest BCUT2D eigenvalue weighted by molar-refractivity contribution is -0.150. The lowest BCUT2D eigenvalue weighted by atomic mass is 9.80. The number of aliphatic carboxylic acids is 1. The first-order chi connectivity index (χ1) is 8.90. The number of hydrogen-bond donors (Lipinski definition) is 1. The summed E-state index contributed by atoms with van der Waals surface area (Å²) in [6, 6.07) is 4.71. The first kappa shape index (κ1) is 14.3. The highest BCUT2D eigenvalue weighted by Gasteiger charge is 2.36. The topological polar surface area (TPSA) is 40.5 Å². The number of likely N-dealkylation sites (tertiary alicyclic amines) is 1. The van der Waals surface area contributed by atoms with Crippen LogP contribution in [0.25, 0.3) is 0 Å². The molecule has 0 atom stereocenters. The quantitative estimate of drug-likeness (QED) is 0.927. The van der Waals surface area contributed by atoms with Gasteiger partial charge in [0.05, 0.1) is 10.4 Å². The van der Waals surface area contributed by atoms with Gasteiger partial charge in [0.2, 0.25) is 0 Å². The third-order valence-electron chi connectivity index (χ3n) is 3.87. The van der Waals surface area contributed by atoms with Crippen molar-refractivity contribution in [3.8, 4) is 0 Å². The normalized spacial score (nSPS) is 19.3. The molecule has 1 heterocycles. The Labute approximate surface area is 117 Å². The van der Waals surface area contributed by atoms with Crippen molar-refractivity contribution in [3.05, 3.63) is 34.6 Å². The SMILES string of the molecule is CC1(C(=O)O)CCN(Cc2ccc(F)c(Cl)c2)CC1. The van der Waals surface area contributed by atoms with E-state index in [-0.39, 0.29) is 5.02 Å². The van der Waals surface area contributed by atoms with E-state index in [4.69, 9.17) is 16.7 Å². The van der Waals surface area contributed by atoms with E-state index in [0.717, 1.165) is 18.7 Å². The molecule has 0 aliphatic carbocycles. The molecular weight excluding hydrogens is 269 g/mol. The highest BCUT2D eigenvalue weighted by atomic mass is 35.5. The summed E-state index contributed by atoms with van der Waals surface area (Å²) in [6.45, 7) is 3.94. The number of carbonyl (C=O) groups is 1. The minimum Gasteiger partial charge on any atom is -0.481 e. The van der Waals surface area contributed by atoms with Crippen molar-refractivity contribution in [2.45, 2.75) is 26.3 Å². The van der Waals surface area contributed by atoms with Crippen LogP contribution in [-0.4, -0.2) is 29.1 Å². The predicted molar refractivity (Wildman–Crippen MR) is 71.7 cm³/mol. The maximum absolute atomic E-state index is 13.1. The molecule has 1 N–H and O–H groups in total. The number of carboxylic acids is 1. The second kappa shape index (κ2) is 5.47. The fourth-order valence-corrected chi connectivity index (χ4v) is 2.52. The first-order valence-corrected chi connectivity index (χ1v) is 6.68. The van der Waals surface area contributed by atoms with Gasteiger partial charge in [0.25, 0.3) is 0 Å². The van der Waals surface area contributed by atoms with Crippen LogP contribution >= 0.6 is 11.6 Å². The van der Waals surface area contributed by atoms with E-state index in [0.29, 0.717) is 19.4 Å². The predicted octanol–water partition coefficient (Wildman–Crippen LogP) is 3.17. The number of hydrogen-bond acceptors (Lipinski definition) is 2. The Morgan fingerprint density at radius 3 is 2.63 bits per heavy atom. The van der Waals surface area contributed by atoms with Crippen LogP contribution in [0.5, 0.6) is 0 Å². The molecule has 1 aliphatic rings. The zero-order valence-corrected chi connectivity index (χ0v) is 11.6. The number of benzene rings is 1. The molecule has 0 spiro atoms.